The minimum Gasteiger partial charge on any atom is -0.323 e. The molecule has 0 spiro atoms. The molecule has 5 nitrogen and oxygen atoms in total. The topological polar surface area (TPSA) is 84.2 Å². The van der Waals surface area contributed by atoms with Gasteiger partial charge in [-0.05, 0) is 36.8 Å². The van der Waals surface area contributed by atoms with Crippen LogP contribution in [-0.2, 0) is 4.79 Å². The molecule has 0 unspecified atom stereocenters. The number of rotatable bonds is 4. The molecule has 0 bridgehead atoms. The van der Waals surface area contributed by atoms with Crippen LogP contribution in [0.15, 0.2) is 42.5 Å². The predicted octanol–water partition coefficient (Wildman–Crippen LogP) is 2.80. The first-order valence-electron chi connectivity index (χ1n) is 6.67. The standard InChI is InChI=1S/C16H16ClN3O2/c1-10-4-2-3-5-12(10)16(22)20-13-7-6-11(17)8-14(13)19-15(21)9-18/h2-8H,9,18H2,1H3,(H,19,21)(H,20,22). The number of halogens is 1. The summed E-state index contributed by atoms with van der Waals surface area (Å²) in [6.07, 6.45) is 0. The van der Waals surface area contributed by atoms with Gasteiger partial charge in [0.2, 0.25) is 5.91 Å². The summed E-state index contributed by atoms with van der Waals surface area (Å²) in [5, 5.41) is 5.83. The Morgan fingerprint density at radius 1 is 1.09 bits per heavy atom. The lowest BCUT2D eigenvalue weighted by atomic mass is 10.1. The minimum atomic E-state index is -0.367. The Morgan fingerprint density at radius 2 is 1.82 bits per heavy atom. The molecule has 0 atom stereocenters. The summed E-state index contributed by atoms with van der Waals surface area (Å²) < 4.78 is 0. The van der Waals surface area contributed by atoms with Gasteiger partial charge in [-0.15, -0.1) is 0 Å². The van der Waals surface area contributed by atoms with E-state index < -0.39 is 0 Å². The van der Waals surface area contributed by atoms with Crippen molar-refractivity contribution in [2.24, 2.45) is 5.73 Å². The third kappa shape index (κ3) is 3.84. The van der Waals surface area contributed by atoms with E-state index in [0.29, 0.717) is 22.0 Å². The highest BCUT2D eigenvalue weighted by atomic mass is 35.5. The van der Waals surface area contributed by atoms with Gasteiger partial charge in [0, 0.05) is 10.6 Å². The third-order valence-electron chi connectivity index (χ3n) is 3.08. The molecule has 0 aliphatic carbocycles. The van der Waals surface area contributed by atoms with Crippen molar-refractivity contribution in [3.05, 3.63) is 58.6 Å². The lowest BCUT2D eigenvalue weighted by molar-refractivity contribution is -0.114. The first-order chi connectivity index (χ1) is 10.5. The summed E-state index contributed by atoms with van der Waals surface area (Å²) in [6, 6.07) is 12.1. The fourth-order valence-corrected chi connectivity index (χ4v) is 2.12. The highest BCUT2D eigenvalue weighted by Gasteiger charge is 2.12. The summed E-state index contributed by atoms with van der Waals surface area (Å²) in [5.41, 5.74) is 7.58. The molecule has 0 aromatic heterocycles. The summed E-state index contributed by atoms with van der Waals surface area (Å²) in [5.74, 6) is -0.627. The molecule has 2 rings (SSSR count). The maximum Gasteiger partial charge on any atom is 0.255 e. The van der Waals surface area contributed by atoms with E-state index >= 15 is 0 Å². The van der Waals surface area contributed by atoms with E-state index in [1.807, 2.05) is 19.1 Å². The van der Waals surface area contributed by atoms with Crippen molar-refractivity contribution in [3.63, 3.8) is 0 Å². The van der Waals surface area contributed by atoms with Gasteiger partial charge in [0.15, 0.2) is 0 Å². The number of carbonyl (C=O) groups is 2. The van der Waals surface area contributed by atoms with Gasteiger partial charge in [0.1, 0.15) is 0 Å². The summed E-state index contributed by atoms with van der Waals surface area (Å²) in [7, 11) is 0. The molecule has 2 aromatic rings. The van der Waals surface area contributed by atoms with Gasteiger partial charge in [-0.2, -0.15) is 0 Å². The normalized spacial score (nSPS) is 10.1. The second-order valence-electron chi connectivity index (χ2n) is 4.71. The molecule has 2 aromatic carbocycles. The number of carbonyl (C=O) groups excluding carboxylic acids is 2. The van der Waals surface area contributed by atoms with E-state index in [9.17, 15) is 9.59 Å². The second-order valence-corrected chi connectivity index (χ2v) is 5.15. The van der Waals surface area contributed by atoms with Gasteiger partial charge in [0.05, 0.1) is 17.9 Å². The minimum absolute atomic E-state index is 0.155. The predicted molar refractivity (Wildman–Crippen MR) is 88.3 cm³/mol. The van der Waals surface area contributed by atoms with Crippen molar-refractivity contribution in [3.8, 4) is 0 Å². The number of hydrogen-bond acceptors (Lipinski definition) is 3. The van der Waals surface area contributed by atoms with Crippen LogP contribution < -0.4 is 16.4 Å². The molecular formula is C16H16ClN3O2. The van der Waals surface area contributed by atoms with E-state index in [1.54, 1.807) is 30.3 Å². The molecule has 6 heteroatoms. The van der Waals surface area contributed by atoms with Gasteiger partial charge in [0.25, 0.3) is 5.91 Å². The molecule has 0 saturated heterocycles. The molecule has 0 heterocycles. The molecule has 114 valence electrons. The molecule has 0 fully saturated rings. The Bertz CT molecular complexity index is 716. The fraction of sp³-hybridized carbons (Fsp3) is 0.125. The second kappa shape index (κ2) is 7.06. The number of aryl methyl sites for hydroxylation is 1. The Labute approximate surface area is 133 Å². The lowest BCUT2D eigenvalue weighted by Gasteiger charge is -2.13. The zero-order valence-electron chi connectivity index (χ0n) is 12.0. The zero-order valence-corrected chi connectivity index (χ0v) is 12.8. The van der Waals surface area contributed by atoms with Crippen LogP contribution in [0.5, 0.6) is 0 Å². The highest BCUT2D eigenvalue weighted by Crippen LogP contribution is 2.26. The Morgan fingerprint density at radius 3 is 2.50 bits per heavy atom. The smallest absolute Gasteiger partial charge is 0.255 e. The van der Waals surface area contributed by atoms with Crippen LogP contribution in [0.4, 0.5) is 11.4 Å². The highest BCUT2D eigenvalue weighted by molar-refractivity contribution is 6.31. The Balaban J connectivity index is 2.27. The number of anilines is 2. The van der Waals surface area contributed by atoms with E-state index in [-0.39, 0.29) is 18.4 Å². The molecular weight excluding hydrogens is 302 g/mol. The van der Waals surface area contributed by atoms with Crippen molar-refractivity contribution in [2.45, 2.75) is 6.92 Å². The van der Waals surface area contributed by atoms with Crippen molar-refractivity contribution >= 4 is 34.8 Å². The van der Waals surface area contributed by atoms with Crippen molar-refractivity contribution in [1.82, 2.24) is 0 Å². The lowest BCUT2D eigenvalue weighted by Crippen LogP contribution is -2.23. The van der Waals surface area contributed by atoms with Gasteiger partial charge >= 0.3 is 0 Å². The van der Waals surface area contributed by atoms with Crippen LogP contribution in [0.25, 0.3) is 0 Å². The molecule has 0 saturated carbocycles. The summed E-state index contributed by atoms with van der Waals surface area (Å²) in [6.45, 7) is 1.70. The molecule has 0 aliphatic heterocycles. The molecule has 22 heavy (non-hydrogen) atoms. The van der Waals surface area contributed by atoms with Gasteiger partial charge in [-0.1, -0.05) is 29.8 Å². The van der Waals surface area contributed by atoms with Crippen LogP contribution in [0.3, 0.4) is 0 Å². The number of amides is 2. The maximum absolute atomic E-state index is 12.3. The van der Waals surface area contributed by atoms with Crippen LogP contribution in [0, 0.1) is 6.92 Å². The zero-order chi connectivity index (χ0) is 16.1. The van der Waals surface area contributed by atoms with Crippen LogP contribution in [0.2, 0.25) is 5.02 Å². The maximum atomic E-state index is 12.3. The number of benzene rings is 2. The first-order valence-corrected chi connectivity index (χ1v) is 7.05. The van der Waals surface area contributed by atoms with Crippen LogP contribution in [-0.4, -0.2) is 18.4 Å². The van der Waals surface area contributed by atoms with Crippen molar-refractivity contribution in [1.29, 1.82) is 0 Å². The third-order valence-corrected chi connectivity index (χ3v) is 3.31. The summed E-state index contributed by atoms with van der Waals surface area (Å²) >= 11 is 5.93. The number of nitrogens with two attached hydrogens (primary N) is 1. The average molecular weight is 318 g/mol. The van der Waals surface area contributed by atoms with E-state index in [1.165, 1.54) is 0 Å². The van der Waals surface area contributed by atoms with Crippen LogP contribution >= 0.6 is 11.6 Å². The van der Waals surface area contributed by atoms with Gasteiger partial charge in [-0.25, -0.2) is 0 Å². The fourth-order valence-electron chi connectivity index (χ4n) is 1.95. The first kappa shape index (κ1) is 16.0. The Kier molecular flexibility index (Phi) is 5.14. The van der Waals surface area contributed by atoms with Gasteiger partial charge < -0.3 is 16.4 Å². The van der Waals surface area contributed by atoms with E-state index in [2.05, 4.69) is 10.6 Å². The molecule has 2 amide bonds. The van der Waals surface area contributed by atoms with Crippen molar-refractivity contribution < 1.29 is 9.59 Å². The van der Waals surface area contributed by atoms with Gasteiger partial charge in [-0.3, -0.25) is 9.59 Å². The van der Waals surface area contributed by atoms with E-state index in [0.717, 1.165) is 5.56 Å². The average Bonchev–Trinajstić information content (AvgIpc) is 2.50. The Hall–Kier alpha value is -2.37. The molecule has 4 N–H and O–H groups in total. The SMILES string of the molecule is Cc1ccccc1C(=O)Nc1ccc(Cl)cc1NC(=O)CN. The molecule has 0 aliphatic rings. The largest absolute Gasteiger partial charge is 0.323 e. The van der Waals surface area contributed by atoms with E-state index in [4.69, 9.17) is 17.3 Å². The summed E-state index contributed by atoms with van der Waals surface area (Å²) in [4.78, 5) is 23.8. The number of hydrogen-bond donors (Lipinski definition) is 3. The van der Waals surface area contributed by atoms with Crippen molar-refractivity contribution in [2.75, 3.05) is 17.2 Å². The van der Waals surface area contributed by atoms with Crippen LogP contribution in [0.1, 0.15) is 15.9 Å². The quantitative estimate of drug-likeness (QED) is 0.810. The molecule has 0 radical (unpaired) electrons. The number of nitrogens with one attached hydrogen (secondary N) is 2. The monoisotopic (exact) mass is 317 g/mol.